The van der Waals surface area contributed by atoms with Gasteiger partial charge in [-0.15, -0.1) is 0 Å². The van der Waals surface area contributed by atoms with E-state index in [4.69, 9.17) is 4.74 Å². The van der Waals surface area contributed by atoms with Crippen molar-refractivity contribution in [3.63, 3.8) is 0 Å². The summed E-state index contributed by atoms with van der Waals surface area (Å²) in [7, 11) is 3.17. The van der Waals surface area contributed by atoms with E-state index in [1.807, 2.05) is 37.3 Å². The Morgan fingerprint density at radius 1 is 0.971 bits per heavy atom. The van der Waals surface area contributed by atoms with Crippen molar-refractivity contribution in [2.24, 2.45) is 14.1 Å². The number of piperidine rings is 1. The quantitative estimate of drug-likeness (QED) is 0.449. The summed E-state index contributed by atoms with van der Waals surface area (Å²) in [5.41, 5.74) is 2.40. The molecular formula is C26H30N4O4. The highest BCUT2D eigenvalue weighted by Gasteiger charge is 2.19. The number of nitrogens with zero attached hydrogens (tertiary/aromatic N) is 3. The lowest BCUT2D eigenvalue weighted by molar-refractivity contribution is -0.111. The first-order valence-electron chi connectivity index (χ1n) is 11.6. The molecule has 34 heavy (non-hydrogen) atoms. The predicted octanol–water partition coefficient (Wildman–Crippen LogP) is 3.28. The minimum absolute atomic E-state index is 0.277. The van der Waals surface area contributed by atoms with E-state index in [-0.39, 0.29) is 5.91 Å². The monoisotopic (exact) mass is 462 g/mol. The van der Waals surface area contributed by atoms with Gasteiger partial charge < -0.3 is 24.1 Å². The number of benzene rings is 2. The number of anilines is 2. The fraction of sp³-hybridized carbons (Fsp3) is 0.346. The van der Waals surface area contributed by atoms with Crippen LogP contribution in [0.3, 0.4) is 0 Å². The highest BCUT2D eigenvalue weighted by atomic mass is 16.5. The zero-order valence-corrected chi connectivity index (χ0v) is 19.8. The summed E-state index contributed by atoms with van der Waals surface area (Å²) >= 11 is 0. The molecule has 4 rings (SSSR count). The topological polar surface area (TPSA) is 85.6 Å². The molecule has 0 atom stereocenters. The van der Waals surface area contributed by atoms with Crippen molar-refractivity contribution in [3.05, 3.63) is 68.7 Å². The number of ether oxygens (including phenoxy) is 1. The zero-order valence-electron chi connectivity index (χ0n) is 19.8. The number of aryl methyl sites for hydroxylation is 2. The standard InChI is InChI=1S/C26H30N4O4/c1-4-34-19-11-8-18(9-12-19)10-13-24(31)27-20-16-22-23(29(3)26(33)25(32)28(22)2)17-21(20)30-14-6-5-7-15-30/h8-13,16-17H,4-7,14-15H2,1-3H3,(H,27,31)/b13-10+. The molecule has 0 radical (unpaired) electrons. The van der Waals surface area contributed by atoms with E-state index in [2.05, 4.69) is 10.2 Å². The summed E-state index contributed by atoms with van der Waals surface area (Å²) in [5.74, 6) is 0.507. The van der Waals surface area contributed by atoms with Gasteiger partial charge in [-0.1, -0.05) is 12.1 Å². The van der Waals surface area contributed by atoms with Gasteiger partial charge in [-0.25, -0.2) is 0 Å². The summed E-state index contributed by atoms with van der Waals surface area (Å²) in [6, 6.07) is 11.2. The number of hydrogen-bond acceptors (Lipinski definition) is 5. The van der Waals surface area contributed by atoms with Crippen molar-refractivity contribution >= 4 is 34.4 Å². The van der Waals surface area contributed by atoms with Crippen LogP contribution in [0.5, 0.6) is 5.75 Å². The van der Waals surface area contributed by atoms with E-state index in [0.717, 1.165) is 42.9 Å². The second-order valence-corrected chi connectivity index (χ2v) is 8.46. The first kappa shape index (κ1) is 23.4. The van der Waals surface area contributed by atoms with Crippen molar-refractivity contribution in [3.8, 4) is 5.75 Å². The Morgan fingerprint density at radius 3 is 2.21 bits per heavy atom. The number of carbonyl (C=O) groups is 1. The number of hydrogen-bond donors (Lipinski definition) is 1. The molecular weight excluding hydrogens is 432 g/mol. The largest absolute Gasteiger partial charge is 0.494 e. The molecule has 0 saturated carbocycles. The van der Waals surface area contributed by atoms with Gasteiger partial charge in [0.1, 0.15) is 5.75 Å². The van der Waals surface area contributed by atoms with E-state index in [1.165, 1.54) is 21.6 Å². The number of fused-ring (bicyclic) bond motifs is 1. The molecule has 3 aromatic rings. The van der Waals surface area contributed by atoms with Crippen LogP contribution in [0.1, 0.15) is 31.7 Å². The summed E-state index contributed by atoms with van der Waals surface area (Å²) in [5, 5.41) is 2.99. The van der Waals surface area contributed by atoms with Gasteiger partial charge in [0.05, 0.1) is 29.0 Å². The molecule has 8 heteroatoms. The normalized spacial score (nSPS) is 14.0. The summed E-state index contributed by atoms with van der Waals surface area (Å²) in [6.07, 6.45) is 6.53. The fourth-order valence-corrected chi connectivity index (χ4v) is 4.29. The lowest BCUT2D eigenvalue weighted by Crippen LogP contribution is -2.39. The van der Waals surface area contributed by atoms with E-state index in [1.54, 1.807) is 26.2 Å². The van der Waals surface area contributed by atoms with Crippen LogP contribution in [0.15, 0.2) is 52.1 Å². The third-order valence-electron chi connectivity index (χ3n) is 6.18. The van der Waals surface area contributed by atoms with E-state index in [9.17, 15) is 14.4 Å². The van der Waals surface area contributed by atoms with Crippen LogP contribution in [0.4, 0.5) is 11.4 Å². The molecule has 0 bridgehead atoms. The average Bonchev–Trinajstić information content (AvgIpc) is 2.86. The molecule has 1 fully saturated rings. The Morgan fingerprint density at radius 2 is 1.59 bits per heavy atom. The van der Waals surface area contributed by atoms with Gasteiger partial charge in [0.2, 0.25) is 5.91 Å². The second kappa shape index (κ2) is 9.99. The summed E-state index contributed by atoms with van der Waals surface area (Å²) in [4.78, 5) is 39.8. The molecule has 1 amide bonds. The van der Waals surface area contributed by atoms with Crippen LogP contribution in [0.2, 0.25) is 0 Å². The minimum atomic E-state index is -0.603. The molecule has 0 spiro atoms. The number of nitrogens with one attached hydrogen (secondary N) is 1. The van der Waals surface area contributed by atoms with E-state index < -0.39 is 11.1 Å². The van der Waals surface area contributed by atoms with Crippen molar-refractivity contribution < 1.29 is 9.53 Å². The van der Waals surface area contributed by atoms with Crippen molar-refractivity contribution in [1.29, 1.82) is 0 Å². The van der Waals surface area contributed by atoms with Gasteiger partial charge in [-0.2, -0.15) is 0 Å². The Bertz CT molecular complexity index is 1350. The molecule has 1 aromatic heterocycles. The zero-order chi connectivity index (χ0) is 24.2. The van der Waals surface area contributed by atoms with Gasteiger partial charge in [-0.05, 0) is 62.1 Å². The third-order valence-corrected chi connectivity index (χ3v) is 6.18. The van der Waals surface area contributed by atoms with Crippen molar-refractivity contribution in [2.45, 2.75) is 26.2 Å². The summed E-state index contributed by atoms with van der Waals surface area (Å²) < 4.78 is 8.17. The van der Waals surface area contributed by atoms with Crippen LogP contribution in [-0.4, -0.2) is 34.7 Å². The molecule has 1 aliphatic rings. The maximum absolute atomic E-state index is 12.8. The van der Waals surface area contributed by atoms with Gasteiger partial charge in [0.25, 0.3) is 0 Å². The SMILES string of the molecule is CCOc1ccc(/C=C/C(=O)Nc2cc3c(cc2N2CCCCC2)n(C)c(=O)c(=O)n3C)cc1. The third kappa shape index (κ3) is 4.76. The van der Waals surface area contributed by atoms with Crippen LogP contribution in [0, 0.1) is 0 Å². The molecule has 0 aliphatic carbocycles. The average molecular weight is 463 g/mol. The fourth-order valence-electron chi connectivity index (χ4n) is 4.29. The first-order chi connectivity index (χ1) is 16.4. The highest BCUT2D eigenvalue weighted by Crippen LogP contribution is 2.32. The van der Waals surface area contributed by atoms with Crippen LogP contribution >= 0.6 is 0 Å². The number of carbonyl (C=O) groups excluding carboxylic acids is 1. The molecule has 8 nitrogen and oxygen atoms in total. The smallest absolute Gasteiger partial charge is 0.316 e. The lowest BCUT2D eigenvalue weighted by Gasteiger charge is -2.31. The molecule has 1 saturated heterocycles. The van der Waals surface area contributed by atoms with Gasteiger partial charge in [-0.3, -0.25) is 14.4 Å². The van der Waals surface area contributed by atoms with E-state index in [0.29, 0.717) is 23.3 Å². The number of rotatable bonds is 6. The van der Waals surface area contributed by atoms with Crippen LogP contribution in [-0.2, 0) is 18.9 Å². The van der Waals surface area contributed by atoms with Gasteiger partial charge in [0.15, 0.2) is 0 Å². The Hall–Kier alpha value is -3.81. The molecule has 0 unspecified atom stereocenters. The molecule has 2 aromatic carbocycles. The van der Waals surface area contributed by atoms with E-state index >= 15 is 0 Å². The molecule has 178 valence electrons. The van der Waals surface area contributed by atoms with Gasteiger partial charge >= 0.3 is 11.1 Å². The van der Waals surface area contributed by atoms with Crippen molar-refractivity contribution in [2.75, 3.05) is 29.9 Å². The maximum Gasteiger partial charge on any atom is 0.316 e. The predicted molar refractivity (Wildman–Crippen MR) is 136 cm³/mol. The Balaban J connectivity index is 1.68. The molecule has 1 aliphatic heterocycles. The molecule has 1 N–H and O–H groups in total. The lowest BCUT2D eigenvalue weighted by atomic mass is 10.1. The number of aromatic nitrogens is 2. The van der Waals surface area contributed by atoms with Crippen LogP contribution < -0.4 is 26.1 Å². The minimum Gasteiger partial charge on any atom is -0.494 e. The number of amides is 1. The Labute approximate surface area is 198 Å². The Kier molecular flexibility index (Phi) is 6.86. The van der Waals surface area contributed by atoms with Crippen molar-refractivity contribution in [1.82, 2.24) is 9.13 Å². The highest BCUT2D eigenvalue weighted by molar-refractivity contribution is 6.05. The second-order valence-electron chi connectivity index (χ2n) is 8.46. The maximum atomic E-state index is 12.8. The molecule has 2 heterocycles. The van der Waals surface area contributed by atoms with Gasteiger partial charge in [0, 0.05) is 33.3 Å². The van der Waals surface area contributed by atoms with Crippen LogP contribution in [0.25, 0.3) is 17.1 Å². The first-order valence-corrected chi connectivity index (χ1v) is 11.6. The summed E-state index contributed by atoms with van der Waals surface area (Å²) in [6.45, 7) is 4.27.